The minimum Gasteiger partial charge on any atom is -0.375 e. The zero-order valence-corrected chi connectivity index (χ0v) is 15.0. The Morgan fingerprint density at radius 3 is 2.71 bits per heavy atom. The van der Waals surface area contributed by atoms with E-state index in [1.54, 1.807) is 23.6 Å². The molecule has 0 aromatic carbocycles. The first-order chi connectivity index (χ1) is 11.5. The van der Waals surface area contributed by atoms with Crippen LogP contribution in [0.4, 0.5) is 0 Å². The van der Waals surface area contributed by atoms with Crippen molar-refractivity contribution in [3.05, 3.63) is 30.1 Å². The highest BCUT2D eigenvalue weighted by Crippen LogP contribution is 2.42. The zero-order valence-electron chi connectivity index (χ0n) is 14.2. The Morgan fingerprint density at radius 1 is 1.33 bits per heavy atom. The molecule has 3 heterocycles. The summed E-state index contributed by atoms with van der Waals surface area (Å²) in [4.78, 5) is 3.99. The zero-order chi connectivity index (χ0) is 17.0. The summed E-state index contributed by atoms with van der Waals surface area (Å²) in [6.07, 6.45) is 6.36. The summed E-state index contributed by atoms with van der Waals surface area (Å²) >= 11 is 0. The van der Waals surface area contributed by atoms with E-state index in [2.05, 4.69) is 4.98 Å². The van der Waals surface area contributed by atoms with Gasteiger partial charge in [0.25, 0.3) is 0 Å². The number of nitrogens with zero attached hydrogens (tertiary/aromatic N) is 2. The molecule has 2 fully saturated rings. The molecule has 0 amide bonds. The van der Waals surface area contributed by atoms with Gasteiger partial charge in [-0.25, -0.2) is 12.7 Å². The molecule has 0 bridgehead atoms. The third-order valence-corrected chi connectivity index (χ3v) is 7.03. The molecule has 1 unspecified atom stereocenters. The Morgan fingerprint density at radius 2 is 2.04 bits per heavy atom. The number of rotatable bonds is 6. The fraction of sp³-hybridized carbons (Fsp3) is 0.706. The van der Waals surface area contributed by atoms with E-state index in [-0.39, 0.29) is 17.3 Å². The van der Waals surface area contributed by atoms with Crippen LogP contribution < -0.4 is 0 Å². The lowest BCUT2D eigenvalue weighted by Crippen LogP contribution is -2.44. The molecule has 0 saturated carbocycles. The standard InChI is InChI=1S/C17H26N2O4S/c1-2-24(20,21)19-9-5-17(6-10-19)11-16(23-14-17)13-22-12-15-3-7-18-8-4-15/h3-4,7-8,16H,2,5-6,9-14H2,1H3. The topological polar surface area (TPSA) is 68.7 Å². The third-order valence-electron chi connectivity index (χ3n) is 5.15. The minimum atomic E-state index is -3.06. The van der Waals surface area contributed by atoms with Gasteiger partial charge in [0.15, 0.2) is 0 Å². The van der Waals surface area contributed by atoms with Crippen molar-refractivity contribution in [1.82, 2.24) is 9.29 Å². The highest BCUT2D eigenvalue weighted by molar-refractivity contribution is 7.89. The van der Waals surface area contributed by atoms with Crippen LogP contribution in [0.5, 0.6) is 0 Å². The highest BCUT2D eigenvalue weighted by atomic mass is 32.2. The number of sulfonamides is 1. The molecule has 24 heavy (non-hydrogen) atoms. The van der Waals surface area contributed by atoms with Crippen LogP contribution in [-0.2, 0) is 26.1 Å². The van der Waals surface area contributed by atoms with Gasteiger partial charge in [-0.15, -0.1) is 0 Å². The summed E-state index contributed by atoms with van der Waals surface area (Å²) in [5.74, 6) is 0.183. The summed E-state index contributed by atoms with van der Waals surface area (Å²) in [7, 11) is -3.06. The summed E-state index contributed by atoms with van der Waals surface area (Å²) in [6, 6.07) is 3.89. The lowest BCUT2D eigenvalue weighted by atomic mass is 9.77. The maximum Gasteiger partial charge on any atom is 0.213 e. The fourth-order valence-corrected chi connectivity index (χ4v) is 4.66. The quantitative estimate of drug-likeness (QED) is 0.779. The second-order valence-corrected chi connectivity index (χ2v) is 9.06. The molecule has 0 N–H and O–H groups in total. The summed E-state index contributed by atoms with van der Waals surface area (Å²) in [6.45, 7) is 4.80. The Hall–Kier alpha value is -1.02. The van der Waals surface area contributed by atoms with E-state index in [1.807, 2.05) is 12.1 Å². The fourth-order valence-electron chi connectivity index (χ4n) is 3.56. The van der Waals surface area contributed by atoms with E-state index in [9.17, 15) is 8.42 Å². The van der Waals surface area contributed by atoms with Crippen molar-refractivity contribution in [2.24, 2.45) is 5.41 Å². The molecule has 1 aromatic heterocycles. The van der Waals surface area contributed by atoms with E-state index >= 15 is 0 Å². The van der Waals surface area contributed by atoms with Crippen LogP contribution in [0.25, 0.3) is 0 Å². The molecular formula is C17H26N2O4S. The molecule has 6 nitrogen and oxygen atoms in total. The van der Waals surface area contributed by atoms with E-state index in [0.717, 1.165) is 31.4 Å². The van der Waals surface area contributed by atoms with Crippen LogP contribution in [-0.4, -0.2) is 55.9 Å². The van der Waals surface area contributed by atoms with Gasteiger partial charge >= 0.3 is 0 Å². The SMILES string of the molecule is CCS(=O)(=O)N1CCC2(CC1)COC(COCc1ccncc1)C2. The van der Waals surface area contributed by atoms with Crippen LogP contribution in [0.15, 0.2) is 24.5 Å². The van der Waals surface area contributed by atoms with Crippen molar-refractivity contribution in [3.63, 3.8) is 0 Å². The molecule has 2 saturated heterocycles. The molecule has 134 valence electrons. The molecule has 2 aliphatic heterocycles. The Bertz CT molecular complexity index is 627. The summed E-state index contributed by atoms with van der Waals surface area (Å²) in [5, 5.41) is 0. The van der Waals surface area contributed by atoms with Crippen LogP contribution in [0.3, 0.4) is 0 Å². The Balaban J connectivity index is 1.44. The second-order valence-electron chi connectivity index (χ2n) is 6.81. The number of ether oxygens (including phenoxy) is 2. The number of aromatic nitrogens is 1. The normalized spacial score (nSPS) is 24.5. The first-order valence-electron chi connectivity index (χ1n) is 8.59. The average molecular weight is 354 g/mol. The van der Waals surface area contributed by atoms with Gasteiger partial charge in [0, 0.05) is 25.5 Å². The van der Waals surface area contributed by atoms with E-state index < -0.39 is 10.0 Å². The predicted octanol–water partition coefficient (Wildman–Crippen LogP) is 1.82. The molecule has 3 rings (SSSR count). The molecule has 1 atom stereocenters. The van der Waals surface area contributed by atoms with Crippen molar-refractivity contribution >= 4 is 10.0 Å². The van der Waals surface area contributed by atoms with Crippen LogP contribution >= 0.6 is 0 Å². The maximum atomic E-state index is 12.0. The third kappa shape index (κ3) is 4.14. The van der Waals surface area contributed by atoms with Gasteiger partial charge in [0.2, 0.25) is 10.0 Å². The summed E-state index contributed by atoms with van der Waals surface area (Å²) in [5.41, 5.74) is 1.24. The molecular weight excluding hydrogens is 328 g/mol. The predicted molar refractivity (Wildman–Crippen MR) is 91.0 cm³/mol. The molecule has 1 spiro atoms. The van der Waals surface area contributed by atoms with Crippen LogP contribution in [0, 0.1) is 5.41 Å². The lowest BCUT2D eigenvalue weighted by Gasteiger charge is -2.37. The first-order valence-corrected chi connectivity index (χ1v) is 10.2. The van der Waals surface area contributed by atoms with Gasteiger partial charge in [-0.05, 0) is 49.3 Å². The highest BCUT2D eigenvalue weighted by Gasteiger charge is 2.43. The Labute approximate surface area is 144 Å². The first kappa shape index (κ1) is 17.8. The molecule has 1 aromatic rings. The second kappa shape index (κ2) is 7.47. The molecule has 0 aliphatic carbocycles. The number of hydrogen-bond acceptors (Lipinski definition) is 5. The van der Waals surface area contributed by atoms with Gasteiger partial charge in [0.1, 0.15) is 0 Å². The van der Waals surface area contributed by atoms with E-state index in [1.165, 1.54) is 0 Å². The van der Waals surface area contributed by atoms with Crippen LogP contribution in [0.1, 0.15) is 31.7 Å². The van der Waals surface area contributed by atoms with Crippen molar-refractivity contribution in [3.8, 4) is 0 Å². The van der Waals surface area contributed by atoms with E-state index in [4.69, 9.17) is 9.47 Å². The van der Waals surface area contributed by atoms with Gasteiger partial charge in [-0.2, -0.15) is 0 Å². The van der Waals surface area contributed by atoms with Crippen LogP contribution in [0.2, 0.25) is 0 Å². The summed E-state index contributed by atoms with van der Waals surface area (Å²) < 4.78 is 37.3. The van der Waals surface area contributed by atoms with E-state index in [0.29, 0.717) is 26.3 Å². The van der Waals surface area contributed by atoms with Gasteiger partial charge in [0.05, 0.1) is 31.7 Å². The molecule has 7 heteroatoms. The van der Waals surface area contributed by atoms with Crippen molar-refractivity contribution in [1.29, 1.82) is 0 Å². The van der Waals surface area contributed by atoms with Gasteiger partial charge in [-0.1, -0.05) is 0 Å². The largest absolute Gasteiger partial charge is 0.375 e. The number of pyridine rings is 1. The number of hydrogen-bond donors (Lipinski definition) is 0. The number of piperidine rings is 1. The monoisotopic (exact) mass is 354 g/mol. The molecule has 2 aliphatic rings. The minimum absolute atomic E-state index is 0.112. The Kier molecular flexibility index (Phi) is 5.54. The molecule has 0 radical (unpaired) electrons. The van der Waals surface area contributed by atoms with Gasteiger partial charge in [-0.3, -0.25) is 4.98 Å². The van der Waals surface area contributed by atoms with Crippen molar-refractivity contribution in [2.45, 2.75) is 38.9 Å². The van der Waals surface area contributed by atoms with Crippen molar-refractivity contribution < 1.29 is 17.9 Å². The van der Waals surface area contributed by atoms with Crippen molar-refractivity contribution in [2.75, 3.05) is 32.1 Å². The lowest BCUT2D eigenvalue weighted by molar-refractivity contribution is 0.00733. The average Bonchev–Trinajstić information content (AvgIpc) is 2.99. The smallest absolute Gasteiger partial charge is 0.213 e. The van der Waals surface area contributed by atoms with Gasteiger partial charge < -0.3 is 9.47 Å². The maximum absolute atomic E-state index is 12.0.